The van der Waals surface area contributed by atoms with E-state index in [9.17, 15) is 10.2 Å². The fourth-order valence-electron chi connectivity index (χ4n) is 2.04. The Morgan fingerprint density at radius 1 is 1.50 bits per heavy atom. The van der Waals surface area contributed by atoms with E-state index in [0.29, 0.717) is 0 Å². The van der Waals surface area contributed by atoms with E-state index in [2.05, 4.69) is 4.98 Å². The van der Waals surface area contributed by atoms with Crippen molar-refractivity contribution in [3.05, 3.63) is 17.8 Å². The van der Waals surface area contributed by atoms with Gasteiger partial charge in [-0.15, -0.1) is 0 Å². The molecule has 2 aliphatic rings. The summed E-state index contributed by atoms with van der Waals surface area (Å²) in [6.45, 7) is 0.222. The van der Waals surface area contributed by atoms with E-state index in [0.717, 1.165) is 0 Å². The summed E-state index contributed by atoms with van der Waals surface area (Å²) in [7, 11) is 0. The SMILES string of the molecule is N=c1ccn2c(n1)OC[C@@H]1[C@H](O)[C@H](O)O[C@H]12. The van der Waals surface area contributed by atoms with Crippen LogP contribution in [0.4, 0.5) is 0 Å². The first-order chi connectivity index (χ1) is 7.66. The van der Waals surface area contributed by atoms with E-state index in [-0.39, 0.29) is 24.0 Å². The molecule has 0 bridgehead atoms. The molecule has 0 saturated carbocycles. The molecule has 0 aromatic carbocycles. The van der Waals surface area contributed by atoms with Gasteiger partial charge < -0.3 is 19.7 Å². The Morgan fingerprint density at radius 2 is 2.31 bits per heavy atom. The van der Waals surface area contributed by atoms with Crippen molar-refractivity contribution in [2.45, 2.75) is 18.6 Å². The van der Waals surface area contributed by atoms with Crippen LogP contribution in [0.15, 0.2) is 12.3 Å². The molecule has 1 fully saturated rings. The zero-order valence-corrected chi connectivity index (χ0v) is 8.28. The topological polar surface area (TPSA) is 101 Å². The molecule has 0 amide bonds. The Bertz CT molecular complexity index is 474. The van der Waals surface area contributed by atoms with Crippen LogP contribution in [0.5, 0.6) is 6.01 Å². The van der Waals surface area contributed by atoms with Crippen LogP contribution in [0.2, 0.25) is 0 Å². The van der Waals surface area contributed by atoms with Crippen molar-refractivity contribution in [1.29, 1.82) is 5.41 Å². The molecule has 7 heteroatoms. The molecule has 3 heterocycles. The molecule has 1 aromatic heterocycles. The maximum Gasteiger partial charge on any atom is 0.300 e. The molecule has 4 atom stereocenters. The number of rotatable bonds is 0. The maximum absolute atomic E-state index is 9.65. The molecule has 1 saturated heterocycles. The van der Waals surface area contributed by atoms with Crippen LogP contribution in [-0.2, 0) is 4.74 Å². The second kappa shape index (κ2) is 3.27. The number of hydrogen-bond acceptors (Lipinski definition) is 6. The maximum atomic E-state index is 9.65. The standard InChI is InChI=1S/C9H11N3O4/c10-5-1-2-12-7-4(3-15-9(12)11-5)6(13)8(14)16-7/h1-2,4,6-8,10,13-14H,3H2/t4-,6+,7-,8-/m1/s1. The number of hydrogen-bond donors (Lipinski definition) is 3. The Kier molecular flexibility index (Phi) is 2.00. The van der Waals surface area contributed by atoms with Gasteiger partial charge in [-0.1, -0.05) is 0 Å². The van der Waals surface area contributed by atoms with Gasteiger partial charge in [0.2, 0.25) is 0 Å². The first kappa shape index (κ1) is 9.76. The first-order valence-corrected chi connectivity index (χ1v) is 4.95. The van der Waals surface area contributed by atoms with Gasteiger partial charge in [-0.3, -0.25) is 9.98 Å². The second-order valence-electron chi connectivity index (χ2n) is 3.89. The summed E-state index contributed by atoms with van der Waals surface area (Å²) in [4.78, 5) is 3.89. The molecule has 3 rings (SSSR count). The molecule has 7 nitrogen and oxygen atoms in total. The van der Waals surface area contributed by atoms with Crippen LogP contribution in [0.3, 0.4) is 0 Å². The summed E-state index contributed by atoms with van der Waals surface area (Å²) in [6, 6.07) is 1.77. The fraction of sp³-hybridized carbons (Fsp3) is 0.556. The van der Waals surface area contributed by atoms with Gasteiger partial charge in [0.15, 0.2) is 11.8 Å². The van der Waals surface area contributed by atoms with Gasteiger partial charge in [-0.2, -0.15) is 4.98 Å². The zero-order valence-electron chi connectivity index (χ0n) is 8.28. The first-order valence-electron chi connectivity index (χ1n) is 4.95. The molecule has 2 aliphatic heterocycles. The van der Waals surface area contributed by atoms with E-state index in [1.807, 2.05) is 0 Å². The van der Waals surface area contributed by atoms with Crippen LogP contribution >= 0.6 is 0 Å². The lowest BCUT2D eigenvalue weighted by atomic mass is 10.0. The van der Waals surface area contributed by atoms with Crippen LogP contribution in [0.1, 0.15) is 6.23 Å². The Labute approximate surface area is 90.4 Å². The molecule has 0 radical (unpaired) electrons. The summed E-state index contributed by atoms with van der Waals surface area (Å²) in [5, 5.41) is 26.4. The second-order valence-corrected chi connectivity index (χ2v) is 3.89. The Balaban J connectivity index is 2.04. The predicted molar refractivity (Wildman–Crippen MR) is 49.2 cm³/mol. The monoisotopic (exact) mass is 225 g/mol. The van der Waals surface area contributed by atoms with Gasteiger partial charge in [0, 0.05) is 6.20 Å². The minimum atomic E-state index is -1.20. The molecule has 0 aliphatic carbocycles. The lowest BCUT2D eigenvalue weighted by Crippen LogP contribution is -2.36. The van der Waals surface area contributed by atoms with Crippen LogP contribution < -0.4 is 10.2 Å². The van der Waals surface area contributed by atoms with Crippen LogP contribution in [0.25, 0.3) is 0 Å². The van der Waals surface area contributed by atoms with Crippen molar-refractivity contribution >= 4 is 0 Å². The van der Waals surface area contributed by atoms with Gasteiger partial charge in [0.05, 0.1) is 5.92 Å². The van der Waals surface area contributed by atoms with E-state index in [4.69, 9.17) is 14.9 Å². The highest BCUT2D eigenvalue weighted by molar-refractivity contribution is 5.05. The zero-order chi connectivity index (χ0) is 11.3. The lowest BCUT2D eigenvalue weighted by Gasteiger charge is -2.28. The summed E-state index contributed by atoms with van der Waals surface area (Å²) in [5.74, 6) is -0.314. The lowest BCUT2D eigenvalue weighted by molar-refractivity contribution is -0.143. The Morgan fingerprint density at radius 3 is 3.12 bits per heavy atom. The normalized spacial score (nSPS) is 36.4. The van der Waals surface area contributed by atoms with Crippen molar-refractivity contribution in [3.8, 4) is 6.01 Å². The summed E-state index contributed by atoms with van der Waals surface area (Å²) >= 11 is 0. The van der Waals surface area contributed by atoms with E-state index < -0.39 is 18.6 Å². The largest absolute Gasteiger partial charge is 0.464 e. The summed E-state index contributed by atoms with van der Waals surface area (Å²) in [5.41, 5.74) is 0.101. The number of fused-ring (bicyclic) bond motifs is 3. The third kappa shape index (κ3) is 1.26. The van der Waals surface area contributed by atoms with E-state index >= 15 is 0 Å². The van der Waals surface area contributed by atoms with Gasteiger partial charge in [0.25, 0.3) is 6.01 Å². The fourth-order valence-corrected chi connectivity index (χ4v) is 2.04. The van der Waals surface area contributed by atoms with Crippen molar-refractivity contribution in [1.82, 2.24) is 9.55 Å². The molecular weight excluding hydrogens is 214 g/mol. The molecule has 0 spiro atoms. The van der Waals surface area contributed by atoms with Gasteiger partial charge >= 0.3 is 0 Å². The van der Waals surface area contributed by atoms with Gasteiger partial charge in [-0.25, -0.2) is 0 Å². The predicted octanol–water partition coefficient (Wildman–Crippen LogP) is -1.42. The third-order valence-electron chi connectivity index (χ3n) is 2.88. The molecule has 3 N–H and O–H groups in total. The van der Waals surface area contributed by atoms with Crippen molar-refractivity contribution in [3.63, 3.8) is 0 Å². The number of aliphatic hydroxyl groups is 2. The highest BCUT2D eigenvalue weighted by Crippen LogP contribution is 2.38. The molecule has 16 heavy (non-hydrogen) atoms. The molecule has 1 aromatic rings. The van der Waals surface area contributed by atoms with Crippen molar-refractivity contribution in [2.24, 2.45) is 5.92 Å². The van der Waals surface area contributed by atoms with E-state index in [1.54, 1.807) is 10.8 Å². The molecule has 86 valence electrons. The van der Waals surface area contributed by atoms with Crippen LogP contribution in [-0.4, -0.2) is 38.8 Å². The molecular formula is C9H11N3O4. The summed E-state index contributed by atoms with van der Waals surface area (Å²) in [6.07, 6.45) is -1.04. The number of ether oxygens (including phenoxy) is 2. The number of nitrogens with zero attached hydrogens (tertiary/aromatic N) is 2. The smallest absolute Gasteiger partial charge is 0.300 e. The summed E-state index contributed by atoms with van der Waals surface area (Å²) < 4.78 is 12.1. The van der Waals surface area contributed by atoms with Crippen LogP contribution in [0, 0.1) is 11.3 Å². The average Bonchev–Trinajstić information content (AvgIpc) is 2.55. The van der Waals surface area contributed by atoms with Crippen molar-refractivity contribution < 1.29 is 19.7 Å². The number of nitrogens with one attached hydrogen (secondary N) is 1. The van der Waals surface area contributed by atoms with Gasteiger partial charge in [-0.05, 0) is 6.07 Å². The third-order valence-corrected chi connectivity index (χ3v) is 2.88. The number of aromatic nitrogens is 2. The minimum Gasteiger partial charge on any atom is -0.464 e. The van der Waals surface area contributed by atoms with Crippen molar-refractivity contribution in [2.75, 3.05) is 6.61 Å². The quantitative estimate of drug-likeness (QED) is 0.503. The Hall–Kier alpha value is -1.44. The van der Waals surface area contributed by atoms with E-state index in [1.165, 1.54) is 6.07 Å². The number of aliphatic hydroxyl groups excluding tert-OH is 2. The van der Waals surface area contributed by atoms with Gasteiger partial charge in [0.1, 0.15) is 18.9 Å². The highest BCUT2D eigenvalue weighted by atomic mass is 16.6. The molecule has 0 unspecified atom stereocenters. The highest BCUT2D eigenvalue weighted by Gasteiger charge is 2.47. The average molecular weight is 225 g/mol. The minimum absolute atomic E-state index is 0.101.